The van der Waals surface area contributed by atoms with E-state index in [4.69, 9.17) is 4.98 Å². The fraction of sp³-hybridized carbons (Fsp3) is 0.650. The van der Waals surface area contributed by atoms with Gasteiger partial charge in [0.25, 0.3) is 0 Å². The molecule has 26 heavy (non-hydrogen) atoms. The molecule has 2 N–H and O–H groups in total. The number of H-pyrrole nitrogens is 1. The van der Waals surface area contributed by atoms with Crippen molar-refractivity contribution in [1.29, 1.82) is 0 Å². The largest absolute Gasteiger partial charge is 0.337 e. The average Bonchev–Trinajstić information content (AvgIpc) is 3.19. The van der Waals surface area contributed by atoms with Gasteiger partial charge in [-0.2, -0.15) is 10.1 Å². The highest BCUT2D eigenvalue weighted by Gasteiger charge is 2.55. The highest BCUT2D eigenvalue weighted by molar-refractivity contribution is 5.54. The molecule has 2 aromatic rings. The molecule has 0 aromatic carbocycles. The maximum atomic E-state index is 4.78. The number of aromatic amines is 1. The summed E-state index contributed by atoms with van der Waals surface area (Å²) in [5.74, 6) is 3.95. The van der Waals surface area contributed by atoms with Gasteiger partial charge in [-0.05, 0) is 49.5 Å². The minimum atomic E-state index is 0.505. The predicted octanol–water partition coefficient (Wildman–Crippen LogP) is 4.23. The van der Waals surface area contributed by atoms with Crippen molar-refractivity contribution < 1.29 is 0 Å². The van der Waals surface area contributed by atoms with E-state index < -0.39 is 0 Å². The molecular formula is C20H28N6. The van der Waals surface area contributed by atoms with Gasteiger partial charge in [-0.25, -0.2) is 4.98 Å². The molecule has 0 radical (unpaired) electrons. The minimum Gasteiger partial charge on any atom is -0.337 e. The zero-order chi connectivity index (χ0) is 17.7. The van der Waals surface area contributed by atoms with Crippen LogP contribution in [0.1, 0.15) is 64.0 Å². The third-order valence-corrected chi connectivity index (χ3v) is 6.42. The molecule has 2 aliphatic heterocycles. The summed E-state index contributed by atoms with van der Waals surface area (Å²) in [4.78, 5) is 11.7. The van der Waals surface area contributed by atoms with Crippen LogP contribution in [-0.4, -0.2) is 32.8 Å². The quantitative estimate of drug-likeness (QED) is 0.814. The van der Waals surface area contributed by atoms with E-state index in [1.807, 2.05) is 12.3 Å². The van der Waals surface area contributed by atoms with Crippen LogP contribution in [-0.2, 0) is 0 Å². The van der Waals surface area contributed by atoms with Crippen molar-refractivity contribution in [3.8, 4) is 0 Å². The van der Waals surface area contributed by atoms with Crippen LogP contribution < -0.4 is 10.2 Å². The second-order valence-electron chi connectivity index (χ2n) is 8.99. The summed E-state index contributed by atoms with van der Waals surface area (Å²) >= 11 is 0. The molecule has 6 rings (SSSR count). The summed E-state index contributed by atoms with van der Waals surface area (Å²) < 4.78 is 0. The van der Waals surface area contributed by atoms with Gasteiger partial charge in [0.15, 0.2) is 5.82 Å². The molecule has 2 aromatic heterocycles. The Balaban J connectivity index is 1.28. The van der Waals surface area contributed by atoms with Crippen molar-refractivity contribution in [2.75, 3.05) is 16.8 Å². The molecule has 0 amide bonds. The van der Waals surface area contributed by atoms with Gasteiger partial charge in [0.1, 0.15) is 5.82 Å². The number of rotatable bonds is 6. The molecular weight excluding hydrogens is 324 g/mol. The van der Waals surface area contributed by atoms with Gasteiger partial charge in [-0.3, -0.25) is 5.10 Å². The van der Waals surface area contributed by atoms with Crippen LogP contribution in [0.2, 0.25) is 0 Å². The van der Waals surface area contributed by atoms with Crippen molar-refractivity contribution in [3.63, 3.8) is 0 Å². The molecule has 4 heterocycles. The third kappa shape index (κ3) is 2.75. The molecule has 0 spiro atoms. The minimum absolute atomic E-state index is 0.505. The number of fused-ring (bicyclic) bond motifs is 1. The molecule has 4 aliphatic rings. The van der Waals surface area contributed by atoms with E-state index in [1.165, 1.54) is 44.2 Å². The van der Waals surface area contributed by atoms with Crippen LogP contribution >= 0.6 is 0 Å². The Kier molecular flexibility index (Phi) is 3.69. The number of aromatic nitrogens is 4. The van der Waals surface area contributed by atoms with Crippen molar-refractivity contribution in [3.05, 3.63) is 24.0 Å². The maximum absolute atomic E-state index is 4.78. The lowest BCUT2D eigenvalue weighted by Crippen LogP contribution is -2.35. The highest BCUT2D eigenvalue weighted by Crippen LogP contribution is 2.55. The molecule has 2 saturated heterocycles. The van der Waals surface area contributed by atoms with Gasteiger partial charge in [0, 0.05) is 36.5 Å². The van der Waals surface area contributed by atoms with E-state index in [0.717, 1.165) is 30.0 Å². The monoisotopic (exact) mass is 352 g/mol. The lowest BCUT2D eigenvalue weighted by atomic mass is 9.66. The van der Waals surface area contributed by atoms with Crippen LogP contribution in [0.5, 0.6) is 0 Å². The Morgan fingerprint density at radius 1 is 1.31 bits per heavy atom. The van der Waals surface area contributed by atoms with Crippen molar-refractivity contribution in [2.45, 2.75) is 64.3 Å². The first-order valence-corrected chi connectivity index (χ1v) is 10.0. The lowest BCUT2D eigenvalue weighted by molar-refractivity contribution is 0.158. The first-order chi connectivity index (χ1) is 12.6. The molecule has 6 heteroatoms. The summed E-state index contributed by atoms with van der Waals surface area (Å²) in [5.41, 5.74) is 1.75. The lowest BCUT2D eigenvalue weighted by Gasteiger charge is -2.38. The van der Waals surface area contributed by atoms with Crippen LogP contribution in [0.3, 0.4) is 0 Å². The molecule has 2 saturated carbocycles. The Morgan fingerprint density at radius 3 is 2.88 bits per heavy atom. The standard InChI is InChI=1S/C20H28N6/c1-13(2)9-20-10-15(11-20)26(12-20)19-21-7-6-17(23-19)22-18-8-16(24-25-18)14-4-3-5-14/h6-8,13-15H,3-5,9-12H2,1-2H3,(H2,21,22,23,24,25). The van der Waals surface area contributed by atoms with Crippen molar-refractivity contribution in [1.82, 2.24) is 20.2 Å². The Bertz CT molecular complexity index is 787. The van der Waals surface area contributed by atoms with Crippen LogP contribution in [0.15, 0.2) is 18.3 Å². The summed E-state index contributed by atoms with van der Waals surface area (Å²) in [6.45, 7) is 5.76. The fourth-order valence-corrected chi connectivity index (χ4v) is 5.13. The molecule has 2 aliphatic carbocycles. The van der Waals surface area contributed by atoms with Gasteiger partial charge in [0.05, 0.1) is 0 Å². The summed E-state index contributed by atoms with van der Waals surface area (Å²) in [5, 5.41) is 10.9. The smallest absolute Gasteiger partial charge is 0.227 e. The number of nitrogens with one attached hydrogen (secondary N) is 2. The fourth-order valence-electron chi connectivity index (χ4n) is 5.13. The summed E-state index contributed by atoms with van der Waals surface area (Å²) in [7, 11) is 0. The van der Waals surface area contributed by atoms with E-state index in [0.29, 0.717) is 17.4 Å². The molecule has 2 bridgehead atoms. The molecule has 4 fully saturated rings. The Hall–Kier alpha value is -2.11. The van der Waals surface area contributed by atoms with Gasteiger partial charge in [0.2, 0.25) is 5.95 Å². The number of anilines is 3. The summed E-state index contributed by atoms with van der Waals surface area (Å²) in [6.07, 6.45) is 9.65. The van der Waals surface area contributed by atoms with Gasteiger partial charge in [-0.1, -0.05) is 20.3 Å². The normalized spacial score (nSPS) is 27.5. The number of hydrogen-bond donors (Lipinski definition) is 2. The Morgan fingerprint density at radius 2 is 2.15 bits per heavy atom. The van der Waals surface area contributed by atoms with E-state index in [9.17, 15) is 0 Å². The van der Waals surface area contributed by atoms with E-state index in [-0.39, 0.29) is 0 Å². The van der Waals surface area contributed by atoms with Gasteiger partial charge < -0.3 is 10.2 Å². The Labute approximate surface area is 154 Å². The predicted molar refractivity (Wildman–Crippen MR) is 103 cm³/mol. The van der Waals surface area contributed by atoms with E-state index in [1.54, 1.807) is 0 Å². The summed E-state index contributed by atoms with van der Waals surface area (Å²) in [6, 6.07) is 4.67. The van der Waals surface area contributed by atoms with E-state index >= 15 is 0 Å². The first-order valence-electron chi connectivity index (χ1n) is 10.0. The third-order valence-electron chi connectivity index (χ3n) is 6.42. The zero-order valence-electron chi connectivity index (χ0n) is 15.7. The second kappa shape index (κ2) is 5.96. The van der Waals surface area contributed by atoms with Gasteiger partial charge in [-0.15, -0.1) is 0 Å². The van der Waals surface area contributed by atoms with Crippen molar-refractivity contribution >= 4 is 17.6 Å². The second-order valence-corrected chi connectivity index (χ2v) is 8.99. The highest BCUT2D eigenvalue weighted by atomic mass is 15.3. The van der Waals surface area contributed by atoms with Gasteiger partial charge >= 0.3 is 0 Å². The van der Waals surface area contributed by atoms with Crippen LogP contribution in [0.25, 0.3) is 0 Å². The topological polar surface area (TPSA) is 69.7 Å². The maximum Gasteiger partial charge on any atom is 0.227 e. The van der Waals surface area contributed by atoms with Crippen molar-refractivity contribution in [2.24, 2.45) is 11.3 Å². The average molecular weight is 352 g/mol. The molecule has 0 atom stereocenters. The van der Waals surface area contributed by atoms with E-state index in [2.05, 4.69) is 45.3 Å². The first kappa shape index (κ1) is 16.1. The molecule has 0 unspecified atom stereocenters. The number of hydrogen-bond acceptors (Lipinski definition) is 5. The molecule has 6 nitrogen and oxygen atoms in total. The number of nitrogens with zero attached hydrogens (tertiary/aromatic N) is 4. The van der Waals surface area contributed by atoms with Crippen LogP contribution in [0.4, 0.5) is 17.6 Å². The molecule has 138 valence electrons. The zero-order valence-corrected chi connectivity index (χ0v) is 15.7. The SMILES string of the molecule is CC(C)CC12CC(C1)N(c1nccc(Nc3cc(C4CCC4)[nH]n3)n1)C2. The van der Waals surface area contributed by atoms with Crippen LogP contribution in [0, 0.1) is 11.3 Å².